The van der Waals surface area contributed by atoms with Gasteiger partial charge in [-0.2, -0.15) is 0 Å². The number of likely N-dealkylation sites (N-methyl/N-ethyl adjacent to an activating group) is 1. The highest BCUT2D eigenvalue weighted by Crippen LogP contribution is 2.56. The van der Waals surface area contributed by atoms with Gasteiger partial charge < -0.3 is 14.2 Å². The van der Waals surface area contributed by atoms with Gasteiger partial charge in [-0.05, 0) is 37.3 Å². The zero-order chi connectivity index (χ0) is 19.0. The van der Waals surface area contributed by atoms with E-state index in [2.05, 4.69) is 10.2 Å². The molecular formula is C20H24N4O3. The molecule has 0 spiro atoms. The van der Waals surface area contributed by atoms with Gasteiger partial charge in [-0.1, -0.05) is 25.1 Å². The summed E-state index contributed by atoms with van der Waals surface area (Å²) in [6.07, 6.45) is 3.51. The van der Waals surface area contributed by atoms with Crippen LogP contribution in [0.1, 0.15) is 48.3 Å². The van der Waals surface area contributed by atoms with E-state index in [0.717, 1.165) is 19.3 Å². The van der Waals surface area contributed by atoms with E-state index < -0.39 is 5.54 Å². The van der Waals surface area contributed by atoms with Crippen molar-refractivity contribution in [1.29, 1.82) is 0 Å². The smallest absolute Gasteiger partial charge is 0.254 e. The first-order valence-corrected chi connectivity index (χ1v) is 9.50. The first-order valence-electron chi connectivity index (χ1n) is 9.50. The van der Waals surface area contributed by atoms with Gasteiger partial charge in [0.2, 0.25) is 17.7 Å². The molecular weight excluding hydrogens is 344 g/mol. The maximum absolute atomic E-state index is 13.1. The van der Waals surface area contributed by atoms with Gasteiger partial charge in [-0.3, -0.25) is 9.59 Å². The minimum atomic E-state index is -0.478. The number of carbonyl (C=O) groups excluding carboxylic acids is 2. The number of hydrogen-bond acceptors (Lipinski definition) is 5. The van der Waals surface area contributed by atoms with Crippen LogP contribution < -0.4 is 0 Å². The lowest BCUT2D eigenvalue weighted by molar-refractivity contribution is -0.142. The summed E-state index contributed by atoms with van der Waals surface area (Å²) in [5, 5.41) is 8.34. The summed E-state index contributed by atoms with van der Waals surface area (Å²) in [7, 11) is 1.66. The van der Waals surface area contributed by atoms with E-state index in [4.69, 9.17) is 4.42 Å². The fourth-order valence-electron chi connectivity index (χ4n) is 4.32. The Hall–Kier alpha value is -2.70. The van der Waals surface area contributed by atoms with E-state index in [1.807, 2.05) is 30.0 Å². The van der Waals surface area contributed by atoms with Crippen LogP contribution in [0.4, 0.5) is 0 Å². The third-order valence-corrected chi connectivity index (χ3v) is 5.91. The molecule has 2 fully saturated rings. The number of hydrogen-bond donors (Lipinski definition) is 0. The number of carbonyl (C=O) groups is 2. The molecule has 0 radical (unpaired) electrons. The van der Waals surface area contributed by atoms with Crippen LogP contribution >= 0.6 is 0 Å². The predicted octanol–water partition coefficient (Wildman–Crippen LogP) is 2.24. The molecule has 0 bridgehead atoms. The molecule has 1 aliphatic carbocycles. The van der Waals surface area contributed by atoms with Crippen molar-refractivity contribution in [2.45, 2.75) is 38.1 Å². The van der Waals surface area contributed by atoms with Crippen LogP contribution in [0.25, 0.3) is 0 Å². The molecule has 1 aromatic heterocycles. The molecule has 1 aliphatic heterocycles. The molecule has 7 nitrogen and oxygen atoms in total. The molecule has 2 aromatic rings. The van der Waals surface area contributed by atoms with E-state index in [1.165, 1.54) is 4.90 Å². The van der Waals surface area contributed by atoms with Crippen molar-refractivity contribution in [2.24, 2.45) is 5.92 Å². The second-order valence-corrected chi connectivity index (χ2v) is 7.38. The number of amides is 2. The van der Waals surface area contributed by atoms with Crippen LogP contribution in [0.5, 0.6) is 0 Å². The van der Waals surface area contributed by atoms with Gasteiger partial charge >= 0.3 is 0 Å². The molecule has 4 rings (SSSR count). The maximum atomic E-state index is 13.1. The molecule has 2 heterocycles. The fourth-order valence-corrected chi connectivity index (χ4v) is 4.32. The number of nitrogens with zero attached hydrogens (tertiary/aromatic N) is 4. The van der Waals surface area contributed by atoms with Gasteiger partial charge in [-0.15, -0.1) is 10.2 Å². The van der Waals surface area contributed by atoms with Crippen molar-refractivity contribution in [1.82, 2.24) is 20.0 Å². The number of aryl methyl sites for hydroxylation is 1. The van der Waals surface area contributed by atoms with E-state index in [-0.39, 0.29) is 18.4 Å². The quantitative estimate of drug-likeness (QED) is 0.809. The minimum absolute atomic E-state index is 0.0387. The molecule has 1 aromatic carbocycles. The van der Waals surface area contributed by atoms with Crippen LogP contribution in [-0.4, -0.2) is 51.9 Å². The summed E-state index contributed by atoms with van der Waals surface area (Å²) in [5.74, 6) is 1.29. The molecule has 2 amide bonds. The zero-order valence-corrected chi connectivity index (χ0v) is 15.7. The fraction of sp³-hybridized carbons (Fsp3) is 0.500. The van der Waals surface area contributed by atoms with Gasteiger partial charge in [0.15, 0.2) is 0 Å². The minimum Gasteiger partial charge on any atom is -0.423 e. The molecule has 0 unspecified atom stereocenters. The lowest BCUT2D eigenvalue weighted by Crippen LogP contribution is -2.55. The standard InChI is InChI=1S/C20H24N4O3/c1-3-16-21-22-19(27-16)20-11-9-15(20)10-12-24(20)17(25)13-23(2)18(26)14-7-5-4-6-8-14/h4-8,15H,3,9-13H2,1-2H3/t15-,20-/m0/s1. The molecule has 1 saturated heterocycles. The second-order valence-electron chi connectivity index (χ2n) is 7.38. The second kappa shape index (κ2) is 6.79. The number of likely N-dealkylation sites (tertiary alicyclic amines) is 1. The summed E-state index contributed by atoms with van der Waals surface area (Å²) >= 11 is 0. The Kier molecular flexibility index (Phi) is 4.45. The Morgan fingerprint density at radius 1 is 1.26 bits per heavy atom. The Bertz CT molecular complexity index is 850. The lowest BCUT2D eigenvalue weighted by Gasteiger charge is -2.47. The summed E-state index contributed by atoms with van der Waals surface area (Å²) < 4.78 is 5.85. The van der Waals surface area contributed by atoms with Crippen molar-refractivity contribution >= 4 is 11.8 Å². The molecule has 27 heavy (non-hydrogen) atoms. The highest BCUT2D eigenvalue weighted by atomic mass is 16.4. The van der Waals surface area contributed by atoms with Crippen molar-refractivity contribution in [3.05, 3.63) is 47.7 Å². The summed E-state index contributed by atoms with van der Waals surface area (Å²) in [5.41, 5.74) is 0.101. The third-order valence-electron chi connectivity index (χ3n) is 5.91. The summed E-state index contributed by atoms with van der Waals surface area (Å²) in [4.78, 5) is 29.0. The van der Waals surface area contributed by atoms with E-state index >= 15 is 0 Å². The predicted molar refractivity (Wildman–Crippen MR) is 97.8 cm³/mol. The topological polar surface area (TPSA) is 79.5 Å². The average molecular weight is 368 g/mol. The molecule has 2 aliphatic rings. The highest BCUT2D eigenvalue weighted by molar-refractivity contribution is 5.96. The Labute approximate surface area is 158 Å². The SMILES string of the molecule is CCc1nnc([C@]23CC[C@H]2CCN3C(=O)CN(C)C(=O)c2ccccc2)o1. The number of aromatic nitrogens is 2. The molecule has 2 atom stereocenters. The van der Waals surface area contributed by atoms with Crippen LogP contribution in [-0.2, 0) is 16.8 Å². The van der Waals surface area contributed by atoms with E-state index in [0.29, 0.717) is 36.2 Å². The molecule has 142 valence electrons. The Morgan fingerprint density at radius 3 is 2.67 bits per heavy atom. The van der Waals surface area contributed by atoms with E-state index in [9.17, 15) is 9.59 Å². The number of rotatable bonds is 5. The largest absolute Gasteiger partial charge is 0.423 e. The zero-order valence-electron chi connectivity index (χ0n) is 15.7. The lowest BCUT2D eigenvalue weighted by atomic mass is 9.67. The Balaban J connectivity index is 1.52. The van der Waals surface area contributed by atoms with Crippen molar-refractivity contribution < 1.29 is 14.0 Å². The van der Waals surface area contributed by atoms with Crippen LogP contribution in [0.3, 0.4) is 0 Å². The van der Waals surface area contributed by atoms with Gasteiger partial charge in [-0.25, -0.2) is 0 Å². The summed E-state index contributed by atoms with van der Waals surface area (Å²) in [6.45, 7) is 2.67. The van der Waals surface area contributed by atoms with Crippen LogP contribution in [0.15, 0.2) is 34.7 Å². The van der Waals surface area contributed by atoms with Gasteiger partial charge in [0.1, 0.15) is 5.54 Å². The summed E-state index contributed by atoms with van der Waals surface area (Å²) in [6, 6.07) is 9.01. The normalized spacial score (nSPS) is 23.6. The first-order chi connectivity index (χ1) is 13.1. The van der Waals surface area contributed by atoms with Gasteiger partial charge in [0.25, 0.3) is 5.91 Å². The monoisotopic (exact) mass is 368 g/mol. The highest BCUT2D eigenvalue weighted by Gasteiger charge is 2.61. The molecule has 7 heteroatoms. The average Bonchev–Trinajstić information content (AvgIpc) is 3.24. The number of benzene rings is 1. The van der Waals surface area contributed by atoms with Gasteiger partial charge in [0, 0.05) is 25.6 Å². The first kappa shape index (κ1) is 17.7. The van der Waals surface area contributed by atoms with Crippen LogP contribution in [0.2, 0.25) is 0 Å². The Morgan fingerprint density at radius 2 is 2.04 bits per heavy atom. The van der Waals surface area contributed by atoms with E-state index in [1.54, 1.807) is 19.2 Å². The third kappa shape index (κ3) is 2.81. The van der Waals surface area contributed by atoms with Crippen molar-refractivity contribution in [3.8, 4) is 0 Å². The molecule has 1 saturated carbocycles. The number of fused-ring (bicyclic) bond motifs is 1. The molecule has 0 N–H and O–H groups in total. The van der Waals surface area contributed by atoms with Crippen LogP contribution in [0, 0.1) is 5.92 Å². The maximum Gasteiger partial charge on any atom is 0.254 e. The van der Waals surface area contributed by atoms with Crippen molar-refractivity contribution in [3.63, 3.8) is 0 Å². The van der Waals surface area contributed by atoms with Gasteiger partial charge in [0.05, 0.1) is 6.54 Å². The van der Waals surface area contributed by atoms with Crippen molar-refractivity contribution in [2.75, 3.05) is 20.1 Å².